The lowest BCUT2D eigenvalue weighted by Gasteiger charge is -2.17. The van der Waals surface area contributed by atoms with Crippen molar-refractivity contribution in [1.82, 2.24) is 15.6 Å². The van der Waals surface area contributed by atoms with Crippen molar-refractivity contribution in [3.63, 3.8) is 0 Å². The first-order valence-electron chi connectivity index (χ1n) is 8.92. The molecule has 0 aliphatic heterocycles. The highest BCUT2D eigenvalue weighted by atomic mass is 127. The SMILES string of the molecule is CCOc1cccc(CNC(=NC)NCCOc2ncccc2Cl)c1OC(F)F.I. The summed E-state index contributed by atoms with van der Waals surface area (Å²) < 4.78 is 41.1. The van der Waals surface area contributed by atoms with Gasteiger partial charge in [0.15, 0.2) is 17.5 Å². The quantitative estimate of drug-likeness (QED) is 0.199. The highest BCUT2D eigenvalue weighted by molar-refractivity contribution is 14.0. The Bertz CT molecular complexity index is 815. The van der Waals surface area contributed by atoms with Gasteiger partial charge in [0.25, 0.3) is 0 Å². The Hall–Kier alpha value is -2.08. The number of alkyl halides is 2. The summed E-state index contributed by atoms with van der Waals surface area (Å²) >= 11 is 5.98. The molecule has 0 atom stereocenters. The van der Waals surface area contributed by atoms with E-state index in [9.17, 15) is 8.78 Å². The van der Waals surface area contributed by atoms with Crippen LogP contribution >= 0.6 is 35.6 Å². The van der Waals surface area contributed by atoms with Gasteiger partial charge < -0.3 is 24.8 Å². The summed E-state index contributed by atoms with van der Waals surface area (Å²) in [7, 11) is 1.60. The van der Waals surface area contributed by atoms with Crippen LogP contribution in [0.4, 0.5) is 8.78 Å². The Balaban J connectivity index is 0.00000450. The lowest BCUT2D eigenvalue weighted by Crippen LogP contribution is -2.39. The molecular weight excluding hydrogens is 533 g/mol. The summed E-state index contributed by atoms with van der Waals surface area (Å²) in [5.74, 6) is 1.07. The molecule has 0 unspecified atom stereocenters. The summed E-state index contributed by atoms with van der Waals surface area (Å²) in [6.45, 7) is 0.0741. The van der Waals surface area contributed by atoms with Crippen LogP contribution < -0.4 is 24.8 Å². The van der Waals surface area contributed by atoms with Gasteiger partial charge in [-0.15, -0.1) is 24.0 Å². The van der Waals surface area contributed by atoms with Gasteiger partial charge in [0, 0.05) is 25.4 Å². The molecule has 166 valence electrons. The molecule has 1 aromatic heterocycles. The number of benzene rings is 1. The van der Waals surface area contributed by atoms with E-state index in [-0.39, 0.29) is 42.0 Å². The van der Waals surface area contributed by atoms with Crippen molar-refractivity contribution < 1.29 is 23.0 Å². The highest BCUT2D eigenvalue weighted by Gasteiger charge is 2.16. The largest absolute Gasteiger partial charge is 0.490 e. The zero-order valence-electron chi connectivity index (χ0n) is 16.5. The fraction of sp³-hybridized carbons (Fsp3) is 0.368. The molecule has 1 heterocycles. The van der Waals surface area contributed by atoms with Crippen molar-refractivity contribution in [2.24, 2.45) is 4.99 Å². The third kappa shape index (κ3) is 8.34. The number of halogens is 4. The maximum atomic E-state index is 12.8. The second-order valence-corrected chi connectivity index (χ2v) is 5.95. The van der Waals surface area contributed by atoms with Crippen molar-refractivity contribution in [2.75, 3.05) is 26.8 Å². The van der Waals surface area contributed by atoms with Gasteiger partial charge in [-0.1, -0.05) is 23.7 Å². The molecule has 2 N–H and O–H groups in total. The number of nitrogens with zero attached hydrogens (tertiary/aromatic N) is 2. The number of para-hydroxylation sites is 1. The third-order valence-corrected chi connectivity index (χ3v) is 3.88. The van der Waals surface area contributed by atoms with E-state index >= 15 is 0 Å². The molecule has 2 aromatic rings. The monoisotopic (exact) mass is 556 g/mol. The number of hydrogen-bond donors (Lipinski definition) is 2. The van der Waals surface area contributed by atoms with Crippen molar-refractivity contribution >= 4 is 41.5 Å². The van der Waals surface area contributed by atoms with Gasteiger partial charge in [0.1, 0.15) is 11.6 Å². The summed E-state index contributed by atoms with van der Waals surface area (Å²) in [5.41, 5.74) is 0.510. The number of pyridine rings is 1. The van der Waals surface area contributed by atoms with Crippen molar-refractivity contribution in [2.45, 2.75) is 20.1 Å². The Morgan fingerprint density at radius 3 is 2.67 bits per heavy atom. The van der Waals surface area contributed by atoms with E-state index in [2.05, 4.69) is 25.3 Å². The number of rotatable bonds is 10. The second kappa shape index (κ2) is 14.0. The van der Waals surface area contributed by atoms with Crippen molar-refractivity contribution in [3.8, 4) is 17.4 Å². The van der Waals surface area contributed by atoms with E-state index < -0.39 is 6.61 Å². The molecule has 0 amide bonds. The molecule has 0 aliphatic rings. The Morgan fingerprint density at radius 2 is 2.00 bits per heavy atom. The van der Waals surface area contributed by atoms with Gasteiger partial charge in [0.05, 0.1) is 13.2 Å². The topological polar surface area (TPSA) is 77.0 Å². The Labute approximate surface area is 196 Å². The number of ether oxygens (including phenoxy) is 3. The minimum atomic E-state index is -2.96. The van der Waals surface area contributed by atoms with E-state index in [4.69, 9.17) is 21.1 Å². The predicted molar refractivity (Wildman–Crippen MR) is 123 cm³/mol. The van der Waals surface area contributed by atoms with E-state index in [1.807, 2.05) is 0 Å². The molecule has 0 aliphatic carbocycles. The summed E-state index contributed by atoms with van der Waals surface area (Å²) in [6.07, 6.45) is 1.59. The third-order valence-electron chi connectivity index (χ3n) is 3.60. The van der Waals surface area contributed by atoms with E-state index in [0.717, 1.165) is 0 Å². The smallest absolute Gasteiger partial charge is 0.387 e. The number of nitrogens with one attached hydrogen (secondary N) is 2. The first-order chi connectivity index (χ1) is 14.0. The lowest BCUT2D eigenvalue weighted by atomic mass is 10.2. The highest BCUT2D eigenvalue weighted by Crippen LogP contribution is 2.32. The van der Waals surface area contributed by atoms with Crippen LogP contribution in [0, 0.1) is 0 Å². The lowest BCUT2D eigenvalue weighted by molar-refractivity contribution is -0.0520. The van der Waals surface area contributed by atoms with Crippen LogP contribution in [-0.2, 0) is 6.54 Å². The molecule has 30 heavy (non-hydrogen) atoms. The van der Waals surface area contributed by atoms with Gasteiger partial charge in [-0.05, 0) is 25.1 Å². The summed E-state index contributed by atoms with van der Waals surface area (Å²) in [6, 6.07) is 8.37. The van der Waals surface area contributed by atoms with Crippen LogP contribution in [0.25, 0.3) is 0 Å². The van der Waals surface area contributed by atoms with Crippen LogP contribution in [0.5, 0.6) is 17.4 Å². The average molecular weight is 557 g/mol. The van der Waals surface area contributed by atoms with E-state index in [0.29, 0.717) is 42.2 Å². The minimum Gasteiger partial charge on any atom is -0.490 e. The van der Waals surface area contributed by atoms with Crippen LogP contribution in [0.15, 0.2) is 41.5 Å². The fourth-order valence-corrected chi connectivity index (χ4v) is 2.56. The minimum absolute atomic E-state index is 0. The molecule has 0 radical (unpaired) electrons. The molecular formula is C19H24ClF2IN4O3. The maximum Gasteiger partial charge on any atom is 0.387 e. The summed E-state index contributed by atoms with van der Waals surface area (Å²) in [4.78, 5) is 8.12. The molecule has 0 saturated carbocycles. The van der Waals surface area contributed by atoms with Gasteiger partial charge in [-0.3, -0.25) is 4.99 Å². The van der Waals surface area contributed by atoms with Crippen LogP contribution in [0.1, 0.15) is 12.5 Å². The zero-order valence-corrected chi connectivity index (χ0v) is 19.6. The van der Waals surface area contributed by atoms with Crippen LogP contribution in [0.3, 0.4) is 0 Å². The van der Waals surface area contributed by atoms with Crippen molar-refractivity contribution in [1.29, 1.82) is 0 Å². The normalized spacial score (nSPS) is 10.9. The molecule has 0 fully saturated rings. The number of aromatic nitrogens is 1. The molecule has 0 bridgehead atoms. The first kappa shape index (κ1) is 26.0. The second-order valence-electron chi connectivity index (χ2n) is 5.55. The van der Waals surface area contributed by atoms with Crippen LogP contribution in [0.2, 0.25) is 5.02 Å². The fourth-order valence-electron chi connectivity index (χ4n) is 2.39. The average Bonchev–Trinajstić information content (AvgIpc) is 2.70. The molecule has 0 spiro atoms. The van der Waals surface area contributed by atoms with E-state index in [1.54, 1.807) is 50.5 Å². The molecule has 1 aromatic carbocycles. The van der Waals surface area contributed by atoms with Gasteiger partial charge in [-0.25, -0.2) is 4.98 Å². The van der Waals surface area contributed by atoms with Gasteiger partial charge in [-0.2, -0.15) is 8.78 Å². The molecule has 0 saturated heterocycles. The maximum absolute atomic E-state index is 12.8. The predicted octanol–water partition coefficient (Wildman–Crippen LogP) is 4.10. The van der Waals surface area contributed by atoms with Crippen LogP contribution in [-0.4, -0.2) is 44.4 Å². The van der Waals surface area contributed by atoms with Gasteiger partial charge in [0.2, 0.25) is 5.88 Å². The Morgan fingerprint density at radius 1 is 1.20 bits per heavy atom. The first-order valence-corrected chi connectivity index (χ1v) is 9.30. The van der Waals surface area contributed by atoms with Crippen molar-refractivity contribution in [3.05, 3.63) is 47.1 Å². The molecule has 2 rings (SSSR count). The molecule has 7 nitrogen and oxygen atoms in total. The summed E-state index contributed by atoms with van der Waals surface area (Å²) in [5, 5.41) is 6.52. The zero-order chi connectivity index (χ0) is 21.1. The Kier molecular flexibility index (Phi) is 12.1. The number of guanidine groups is 1. The number of hydrogen-bond acceptors (Lipinski definition) is 5. The van der Waals surface area contributed by atoms with Gasteiger partial charge >= 0.3 is 6.61 Å². The number of aliphatic imine (C=N–C) groups is 1. The van der Waals surface area contributed by atoms with E-state index in [1.165, 1.54) is 0 Å². The molecule has 11 heteroatoms. The standard InChI is InChI=1S/C19H23ClF2N4O3.HI/c1-3-27-15-8-4-6-13(16(15)29-18(21)22)12-26-19(23-2)25-10-11-28-17-14(20)7-5-9-24-17;/h4-9,18H,3,10-12H2,1-2H3,(H2,23,25,26);1H.